The molecule has 1 unspecified atom stereocenters. The Morgan fingerprint density at radius 3 is 2.81 bits per heavy atom. The first-order valence-electron chi connectivity index (χ1n) is 8.21. The van der Waals surface area contributed by atoms with Crippen LogP contribution in [-0.4, -0.2) is 33.4 Å². The van der Waals surface area contributed by atoms with Gasteiger partial charge in [0.15, 0.2) is 0 Å². The summed E-state index contributed by atoms with van der Waals surface area (Å²) in [6, 6.07) is 8.42. The molecule has 0 aliphatic heterocycles. The van der Waals surface area contributed by atoms with Crippen molar-refractivity contribution in [3.63, 3.8) is 0 Å². The molecule has 1 atom stereocenters. The zero-order valence-electron chi connectivity index (χ0n) is 13.9. The summed E-state index contributed by atoms with van der Waals surface area (Å²) < 4.78 is 10.8. The second-order valence-corrected chi connectivity index (χ2v) is 5.46. The van der Waals surface area contributed by atoms with Crippen LogP contribution in [0.15, 0.2) is 24.3 Å². The van der Waals surface area contributed by atoms with E-state index in [1.54, 1.807) is 7.11 Å². The highest BCUT2D eigenvalue weighted by Gasteiger charge is 2.10. The molecule has 0 aliphatic carbocycles. The minimum absolute atomic E-state index is 0.657. The average Bonchev–Trinajstić information content (AvgIpc) is 2.51. The van der Waals surface area contributed by atoms with E-state index in [-0.39, 0.29) is 0 Å². The Labute approximate surface area is 130 Å². The topological polar surface area (TPSA) is 30.5 Å². The molecule has 0 aliphatic rings. The number of rotatable bonds is 12. The van der Waals surface area contributed by atoms with Gasteiger partial charge in [0, 0.05) is 13.2 Å². The summed E-state index contributed by atoms with van der Waals surface area (Å²) in [4.78, 5) is 0. The van der Waals surface area contributed by atoms with Crippen molar-refractivity contribution >= 4 is 0 Å². The maximum absolute atomic E-state index is 5.46. The Balaban J connectivity index is 2.48. The van der Waals surface area contributed by atoms with Crippen molar-refractivity contribution in [1.29, 1.82) is 0 Å². The number of hydrogen-bond acceptors (Lipinski definition) is 3. The van der Waals surface area contributed by atoms with Gasteiger partial charge in [0.1, 0.15) is 5.75 Å². The SMILES string of the molecule is CCCNCC(CCCOCC)Cc1cccc(OC)c1. The van der Waals surface area contributed by atoms with E-state index in [1.165, 1.54) is 18.4 Å². The van der Waals surface area contributed by atoms with Crippen LogP contribution in [-0.2, 0) is 11.2 Å². The Bertz CT molecular complexity index is 368. The van der Waals surface area contributed by atoms with Gasteiger partial charge in [0.05, 0.1) is 7.11 Å². The minimum atomic E-state index is 0.657. The Kier molecular flexibility index (Phi) is 9.92. The maximum Gasteiger partial charge on any atom is 0.119 e. The molecule has 0 spiro atoms. The Hall–Kier alpha value is -1.06. The van der Waals surface area contributed by atoms with Crippen LogP contribution in [0, 0.1) is 5.92 Å². The fourth-order valence-corrected chi connectivity index (χ4v) is 2.51. The molecule has 120 valence electrons. The molecule has 0 saturated heterocycles. The van der Waals surface area contributed by atoms with Crippen LogP contribution >= 0.6 is 0 Å². The maximum atomic E-state index is 5.46. The van der Waals surface area contributed by atoms with Gasteiger partial charge < -0.3 is 14.8 Å². The third kappa shape index (κ3) is 8.08. The van der Waals surface area contributed by atoms with Crippen LogP contribution in [0.5, 0.6) is 5.75 Å². The first-order chi connectivity index (χ1) is 10.3. The number of benzene rings is 1. The summed E-state index contributed by atoms with van der Waals surface area (Å²) in [5.74, 6) is 1.60. The van der Waals surface area contributed by atoms with E-state index in [0.29, 0.717) is 5.92 Å². The van der Waals surface area contributed by atoms with Crippen LogP contribution in [0.25, 0.3) is 0 Å². The van der Waals surface area contributed by atoms with Crippen molar-refractivity contribution in [2.45, 2.75) is 39.5 Å². The second-order valence-electron chi connectivity index (χ2n) is 5.46. The van der Waals surface area contributed by atoms with Crippen molar-refractivity contribution in [2.24, 2.45) is 5.92 Å². The van der Waals surface area contributed by atoms with Gasteiger partial charge in [0.25, 0.3) is 0 Å². The minimum Gasteiger partial charge on any atom is -0.497 e. The van der Waals surface area contributed by atoms with E-state index in [0.717, 1.165) is 44.9 Å². The van der Waals surface area contributed by atoms with E-state index >= 15 is 0 Å². The second kappa shape index (κ2) is 11.6. The van der Waals surface area contributed by atoms with Crippen LogP contribution in [0.3, 0.4) is 0 Å². The lowest BCUT2D eigenvalue weighted by atomic mass is 9.94. The molecular weight excluding hydrogens is 262 g/mol. The van der Waals surface area contributed by atoms with E-state index in [9.17, 15) is 0 Å². The summed E-state index contributed by atoms with van der Waals surface area (Å²) in [5.41, 5.74) is 1.36. The van der Waals surface area contributed by atoms with Crippen molar-refractivity contribution in [3.05, 3.63) is 29.8 Å². The molecule has 0 aromatic heterocycles. The number of methoxy groups -OCH3 is 1. The monoisotopic (exact) mass is 293 g/mol. The number of ether oxygens (including phenoxy) is 2. The van der Waals surface area contributed by atoms with Crippen molar-refractivity contribution in [2.75, 3.05) is 33.4 Å². The molecule has 0 saturated carbocycles. The summed E-state index contributed by atoms with van der Waals surface area (Å²) >= 11 is 0. The molecule has 1 rings (SSSR count). The van der Waals surface area contributed by atoms with E-state index in [4.69, 9.17) is 9.47 Å². The highest BCUT2D eigenvalue weighted by Crippen LogP contribution is 2.18. The lowest BCUT2D eigenvalue weighted by Crippen LogP contribution is -2.25. The largest absolute Gasteiger partial charge is 0.497 e. The highest BCUT2D eigenvalue weighted by atomic mass is 16.5. The van der Waals surface area contributed by atoms with Crippen molar-refractivity contribution in [1.82, 2.24) is 5.32 Å². The molecule has 0 radical (unpaired) electrons. The van der Waals surface area contributed by atoms with Gasteiger partial charge in [-0.1, -0.05) is 19.1 Å². The third-order valence-electron chi connectivity index (χ3n) is 3.62. The molecule has 1 aromatic rings. The van der Waals surface area contributed by atoms with E-state index < -0.39 is 0 Å². The van der Waals surface area contributed by atoms with Gasteiger partial charge in [-0.3, -0.25) is 0 Å². The number of nitrogens with one attached hydrogen (secondary N) is 1. The van der Waals surface area contributed by atoms with E-state index in [2.05, 4.69) is 37.4 Å². The molecule has 1 aromatic carbocycles. The van der Waals surface area contributed by atoms with Gasteiger partial charge in [-0.05, 0) is 69.3 Å². The molecule has 0 amide bonds. The molecule has 21 heavy (non-hydrogen) atoms. The van der Waals surface area contributed by atoms with Crippen LogP contribution in [0.4, 0.5) is 0 Å². The fourth-order valence-electron chi connectivity index (χ4n) is 2.51. The summed E-state index contributed by atoms with van der Waals surface area (Å²) in [6.45, 7) is 8.13. The highest BCUT2D eigenvalue weighted by molar-refractivity contribution is 5.28. The van der Waals surface area contributed by atoms with Gasteiger partial charge in [-0.15, -0.1) is 0 Å². The van der Waals surface area contributed by atoms with Crippen molar-refractivity contribution < 1.29 is 9.47 Å². The summed E-state index contributed by atoms with van der Waals surface area (Å²) in [7, 11) is 1.72. The molecular formula is C18H31NO2. The number of hydrogen-bond donors (Lipinski definition) is 1. The average molecular weight is 293 g/mol. The zero-order chi connectivity index (χ0) is 15.3. The molecule has 1 N–H and O–H groups in total. The Morgan fingerprint density at radius 2 is 2.10 bits per heavy atom. The van der Waals surface area contributed by atoms with Crippen LogP contribution < -0.4 is 10.1 Å². The summed E-state index contributed by atoms with van der Waals surface area (Å²) in [6.07, 6.45) is 4.62. The smallest absolute Gasteiger partial charge is 0.119 e. The van der Waals surface area contributed by atoms with Gasteiger partial charge >= 0.3 is 0 Å². The predicted octanol–water partition coefficient (Wildman–Crippen LogP) is 3.67. The first kappa shape index (κ1) is 18.0. The molecule has 3 nitrogen and oxygen atoms in total. The fraction of sp³-hybridized carbons (Fsp3) is 0.667. The van der Waals surface area contributed by atoms with Gasteiger partial charge in [-0.2, -0.15) is 0 Å². The summed E-state index contributed by atoms with van der Waals surface area (Å²) in [5, 5.41) is 3.55. The standard InChI is InChI=1S/C18H31NO2/c1-4-11-19-15-17(9-7-12-21-5-2)13-16-8-6-10-18(14-16)20-3/h6,8,10,14,17,19H,4-5,7,9,11-13,15H2,1-3H3. The third-order valence-corrected chi connectivity index (χ3v) is 3.62. The molecule has 0 fully saturated rings. The Morgan fingerprint density at radius 1 is 1.24 bits per heavy atom. The van der Waals surface area contributed by atoms with Crippen LogP contribution in [0.2, 0.25) is 0 Å². The van der Waals surface area contributed by atoms with Gasteiger partial charge in [-0.25, -0.2) is 0 Å². The van der Waals surface area contributed by atoms with E-state index in [1.807, 2.05) is 6.07 Å². The predicted molar refractivity (Wildman–Crippen MR) is 89.1 cm³/mol. The lowest BCUT2D eigenvalue weighted by molar-refractivity contribution is 0.139. The molecule has 0 bridgehead atoms. The zero-order valence-corrected chi connectivity index (χ0v) is 13.9. The lowest BCUT2D eigenvalue weighted by Gasteiger charge is -2.18. The quantitative estimate of drug-likeness (QED) is 0.596. The molecule has 3 heteroatoms. The van der Waals surface area contributed by atoms with Crippen molar-refractivity contribution in [3.8, 4) is 5.75 Å². The first-order valence-corrected chi connectivity index (χ1v) is 8.21. The molecule has 0 heterocycles. The van der Waals surface area contributed by atoms with Gasteiger partial charge in [0.2, 0.25) is 0 Å². The van der Waals surface area contributed by atoms with Crippen LogP contribution in [0.1, 0.15) is 38.7 Å². The normalized spacial score (nSPS) is 12.3.